The number of rotatable bonds is 6. The van der Waals surface area contributed by atoms with Gasteiger partial charge in [-0.1, -0.05) is 11.6 Å². The van der Waals surface area contributed by atoms with Crippen LogP contribution in [0.4, 0.5) is 5.69 Å². The molecule has 18 heavy (non-hydrogen) atoms. The van der Waals surface area contributed by atoms with Crippen molar-refractivity contribution in [1.29, 1.82) is 0 Å². The van der Waals surface area contributed by atoms with Gasteiger partial charge in [-0.15, -0.1) is 0 Å². The summed E-state index contributed by atoms with van der Waals surface area (Å²) in [5.74, 6) is 0.408. The highest BCUT2D eigenvalue weighted by atomic mass is 79.9. The maximum atomic E-state index is 11.7. The van der Waals surface area contributed by atoms with Crippen molar-refractivity contribution in [2.45, 2.75) is 19.3 Å². The molecule has 0 aromatic heterocycles. The summed E-state index contributed by atoms with van der Waals surface area (Å²) < 4.78 is 5.88. The van der Waals surface area contributed by atoms with Crippen LogP contribution < -0.4 is 10.1 Å². The summed E-state index contributed by atoms with van der Waals surface area (Å²) in [6.07, 6.45) is 1.62. The number of benzene rings is 1. The zero-order valence-electron chi connectivity index (χ0n) is 10.0. The molecule has 0 unspecified atom stereocenters. The Balaban J connectivity index is 2.74. The minimum Gasteiger partial charge on any atom is -0.493 e. The lowest BCUT2D eigenvalue weighted by Gasteiger charge is -2.12. The molecule has 0 saturated heterocycles. The molecule has 0 aliphatic heterocycles. The largest absolute Gasteiger partial charge is 0.493 e. The first-order valence-corrected chi connectivity index (χ1v) is 6.69. The second-order valence-corrected chi connectivity index (χ2v) is 4.99. The lowest BCUT2D eigenvalue weighted by molar-refractivity contribution is -0.116. The molecule has 6 heteroatoms. The zero-order valence-corrected chi connectivity index (χ0v) is 12.3. The predicted molar refractivity (Wildman–Crippen MR) is 75.3 cm³/mol. The van der Waals surface area contributed by atoms with E-state index in [4.69, 9.17) is 21.4 Å². The van der Waals surface area contributed by atoms with E-state index in [1.54, 1.807) is 12.1 Å². The van der Waals surface area contributed by atoms with Gasteiger partial charge < -0.3 is 15.2 Å². The van der Waals surface area contributed by atoms with E-state index in [1.807, 2.05) is 0 Å². The van der Waals surface area contributed by atoms with Gasteiger partial charge in [0.2, 0.25) is 5.91 Å². The van der Waals surface area contributed by atoms with Crippen LogP contribution in [0.15, 0.2) is 16.6 Å². The van der Waals surface area contributed by atoms with E-state index >= 15 is 0 Å². The molecule has 0 aliphatic rings. The molecular formula is C12H15BrClNO3. The van der Waals surface area contributed by atoms with Gasteiger partial charge in [0.15, 0.2) is 5.75 Å². The Morgan fingerprint density at radius 3 is 2.83 bits per heavy atom. The first-order chi connectivity index (χ1) is 8.58. The summed E-state index contributed by atoms with van der Waals surface area (Å²) in [4.78, 5) is 11.7. The molecular weight excluding hydrogens is 321 g/mol. The van der Waals surface area contributed by atoms with Crippen LogP contribution >= 0.6 is 27.5 Å². The summed E-state index contributed by atoms with van der Waals surface area (Å²) in [6.45, 7) is 0.0965. The molecule has 0 atom stereocenters. The number of unbranched alkanes of at least 4 members (excludes halogenated alkanes) is 1. The zero-order chi connectivity index (χ0) is 13.5. The SMILES string of the molecule is COc1c(Br)cc(Cl)cc1NC(=O)CCCCO. The Bertz CT molecular complexity index is 426. The summed E-state index contributed by atoms with van der Waals surface area (Å²) >= 11 is 9.24. The van der Waals surface area contributed by atoms with Gasteiger partial charge in [-0.2, -0.15) is 0 Å². The minimum atomic E-state index is -0.129. The Morgan fingerprint density at radius 1 is 1.50 bits per heavy atom. The van der Waals surface area contributed by atoms with Gasteiger partial charge in [0.1, 0.15) is 0 Å². The normalized spacial score (nSPS) is 10.2. The summed E-state index contributed by atoms with van der Waals surface area (Å²) in [5.41, 5.74) is 0.533. The molecule has 0 aliphatic carbocycles. The Morgan fingerprint density at radius 2 is 2.22 bits per heavy atom. The van der Waals surface area contributed by atoms with Crippen LogP contribution in [0, 0.1) is 0 Å². The van der Waals surface area contributed by atoms with E-state index in [1.165, 1.54) is 7.11 Å². The second-order valence-electron chi connectivity index (χ2n) is 3.70. The van der Waals surface area contributed by atoms with Crippen molar-refractivity contribution in [3.63, 3.8) is 0 Å². The number of carbonyl (C=O) groups is 1. The van der Waals surface area contributed by atoms with E-state index in [-0.39, 0.29) is 12.5 Å². The molecule has 1 aromatic carbocycles. The van der Waals surface area contributed by atoms with Gasteiger partial charge in [0.05, 0.1) is 17.3 Å². The lowest BCUT2D eigenvalue weighted by Crippen LogP contribution is -2.12. The van der Waals surface area contributed by atoms with Gasteiger partial charge in [-0.25, -0.2) is 0 Å². The average Bonchev–Trinajstić information content (AvgIpc) is 2.28. The summed E-state index contributed by atoms with van der Waals surface area (Å²) in [6, 6.07) is 3.33. The second kappa shape index (κ2) is 7.61. The average molecular weight is 337 g/mol. The van der Waals surface area contributed by atoms with Crippen molar-refractivity contribution >= 4 is 39.1 Å². The lowest BCUT2D eigenvalue weighted by atomic mass is 10.2. The molecule has 1 aromatic rings. The molecule has 100 valence electrons. The quantitative estimate of drug-likeness (QED) is 0.784. The van der Waals surface area contributed by atoms with Crippen LogP contribution in [-0.2, 0) is 4.79 Å². The van der Waals surface area contributed by atoms with Crippen molar-refractivity contribution in [2.24, 2.45) is 0 Å². The number of hydrogen-bond donors (Lipinski definition) is 2. The van der Waals surface area contributed by atoms with Gasteiger partial charge in [-0.05, 0) is 40.9 Å². The van der Waals surface area contributed by atoms with Crippen LogP contribution in [0.2, 0.25) is 5.02 Å². The standard InChI is InChI=1S/C12H15BrClNO3/c1-18-12-9(13)6-8(14)7-10(12)15-11(17)4-2-3-5-16/h6-7,16H,2-5H2,1H3,(H,15,17). The maximum absolute atomic E-state index is 11.7. The molecule has 1 amide bonds. The fraction of sp³-hybridized carbons (Fsp3) is 0.417. The molecule has 0 radical (unpaired) electrons. The predicted octanol–water partition coefficient (Wildman–Crippen LogP) is 3.21. The van der Waals surface area contributed by atoms with Crippen LogP contribution in [0.5, 0.6) is 5.75 Å². The third kappa shape index (κ3) is 4.48. The van der Waals surface area contributed by atoms with E-state index in [2.05, 4.69) is 21.2 Å². The molecule has 2 N–H and O–H groups in total. The van der Waals surface area contributed by atoms with E-state index in [9.17, 15) is 4.79 Å². The number of ether oxygens (including phenoxy) is 1. The molecule has 0 fully saturated rings. The van der Waals surface area contributed by atoms with Crippen LogP contribution in [-0.4, -0.2) is 24.7 Å². The van der Waals surface area contributed by atoms with Crippen molar-refractivity contribution in [2.75, 3.05) is 19.0 Å². The van der Waals surface area contributed by atoms with Crippen LogP contribution in [0.1, 0.15) is 19.3 Å². The number of aliphatic hydroxyl groups excluding tert-OH is 1. The third-order valence-electron chi connectivity index (χ3n) is 2.30. The number of nitrogens with one attached hydrogen (secondary N) is 1. The highest BCUT2D eigenvalue weighted by molar-refractivity contribution is 9.10. The molecule has 0 saturated carbocycles. The third-order valence-corrected chi connectivity index (χ3v) is 3.11. The minimum absolute atomic E-state index is 0.0965. The number of aliphatic hydroxyl groups is 1. The molecule has 0 spiro atoms. The number of methoxy groups -OCH3 is 1. The fourth-order valence-corrected chi connectivity index (χ4v) is 2.44. The molecule has 4 nitrogen and oxygen atoms in total. The number of anilines is 1. The molecule has 1 rings (SSSR count). The number of carbonyl (C=O) groups excluding carboxylic acids is 1. The van der Waals surface area contributed by atoms with Gasteiger partial charge >= 0.3 is 0 Å². The first kappa shape index (κ1) is 15.3. The Hall–Kier alpha value is -0.780. The monoisotopic (exact) mass is 335 g/mol. The summed E-state index contributed by atoms with van der Waals surface area (Å²) in [5, 5.41) is 11.9. The Kier molecular flexibility index (Phi) is 6.46. The summed E-state index contributed by atoms with van der Waals surface area (Å²) in [7, 11) is 1.52. The van der Waals surface area contributed by atoms with Gasteiger partial charge in [-0.3, -0.25) is 4.79 Å². The van der Waals surface area contributed by atoms with Gasteiger partial charge in [0, 0.05) is 18.1 Å². The van der Waals surface area contributed by atoms with Crippen molar-refractivity contribution in [3.05, 3.63) is 21.6 Å². The number of halogens is 2. The number of amides is 1. The highest BCUT2D eigenvalue weighted by Crippen LogP contribution is 2.36. The Labute approximate surface area is 119 Å². The van der Waals surface area contributed by atoms with E-state index < -0.39 is 0 Å². The van der Waals surface area contributed by atoms with E-state index in [0.717, 1.165) is 0 Å². The molecule has 0 heterocycles. The smallest absolute Gasteiger partial charge is 0.224 e. The van der Waals surface area contributed by atoms with Crippen molar-refractivity contribution < 1.29 is 14.6 Å². The van der Waals surface area contributed by atoms with Crippen LogP contribution in [0.3, 0.4) is 0 Å². The maximum Gasteiger partial charge on any atom is 0.224 e. The van der Waals surface area contributed by atoms with E-state index in [0.29, 0.717) is 40.2 Å². The topological polar surface area (TPSA) is 58.6 Å². The molecule has 0 bridgehead atoms. The van der Waals surface area contributed by atoms with Crippen molar-refractivity contribution in [1.82, 2.24) is 0 Å². The van der Waals surface area contributed by atoms with Gasteiger partial charge in [0.25, 0.3) is 0 Å². The highest BCUT2D eigenvalue weighted by Gasteiger charge is 2.12. The van der Waals surface area contributed by atoms with Crippen molar-refractivity contribution in [3.8, 4) is 5.75 Å². The fourth-order valence-electron chi connectivity index (χ4n) is 1.47. The first-order valence-electron chi connectivity index (χ1n) is 5.52. The number of hydrogen-bond acceptors (Lipinski definition) is 3. The van der Waals surface area contributed by atoms with Crippen LogP contribution in [0.25, 0.3) is 0 Å².